The minimum Gasteiger partial charge on any atom is -0.324 e. The number of fused-ring (bicyclic) bond motifs is 2. The van der Waals surface area contributed by atoms with Gasteiger partial charge in [-0.1, -0.05) is 30.3 Å². The van der Waals surface area contributed by atoms with Crippen molar-refractivity contribution in [3.8, 4) is 0 Å². The predicted molar refractivity (Wildman–Crippen MR) is 84.1 cm³/mol. The van der Waals surface area contributed by atoms with Crippen LogP contribution in [-0.2, 0) is 11.2 Å². The molecule has 2 aliphatic heterocycles. The van der Waals surface area contributed by atoms with Crippen molar-refractivity contribution in [2.45, 2.75) is 18.9 Å². The van der Waals surface area contributed by atoms with E-state index in [1.165, 1.54) is 0 Å². The molecular formula is C18H14N2O3. The zero-order chi connectivity index (χ0) is 16.0. The summed E-state index contributed by atoms with van der Waals surface area (Å²) in [7, 11) is 0. The number of anilines is 1. The van der Waals surface area contributed by atoms with E-state index in [9.17, 15) is 14.4 Å². The average Bonchev–Trinajstić information content (AvgIpc) is 2.71. The first-order valence-electron chi connectivity index (χ1n) is 7.52. The molecule has 0 saturated carbocycles. The van der Waals surface area contributed by atoms with Crippen molar-refractivity contribution in [1.29, 1.82) is 0 Å². The van der Waals surface area contributed by atoms with Crippen LogP contribution in [0.3, 0.4) is 0 Å². The first-order chi connectivity index (χ1) is 11.2. The Morgan fingerprint density at radius 2 is 1.48 bits per heavy atom. The standard InChI is InChI=1S/C18H14N2O3/c21-16-15(10-9-11-5-1-4-8-14(11)19-16)20-17(22)12-6-2-3-7-13(12)18(20)23/h1-8,15H,9-10H2,(H,19,21)/t15-/m0/s1. The molecule has 2 aromatic carbocycles. The Kier molecular flexibility index (Phi) is 3.01. The predicted octanol–water partition coefficient (Wildman–Crippen LogP) is 2.24. The molecule has 0 bridgehead atoms. The molecule has 23 heavy (non-hydrogen) atoms. The van der Waals surface area contributed by atoms with Gasteiger partial charge in [-0.3, -0.25) is 19.3 Å². The Morgan fingerprint density at radius 3 is 2.17 bits per heavy atom. The van der Waals surface area contributed by atoms with E-state index in [1.54, 1.807) is 24.3 Å². The van der Waals surface area contributed by atoms with Gasteiger partial charge in [-0.25, -0.2) is 0 Å². The molecule has 3 amide bonds. The number of nitrogens with one attached hydrogen (secondary N) is 1. The van der Waals surface area contributed by atoms with Crippen LogP contribution in [-0.4, -0.2) is 28.7 Å². The summed E-state index contributed by atoms with van der Waals surface area (Å²) in [5.41, 5.74) is 2.50. The van der Waals surface area contributed by atoms with Crippen LogP contribution in [0.2, 0.25) is 0 Å². The van der Waals surface area contributed by atoms with E-state index in [4.69, 9.17) is 0 Å². The molecule has 0 fully saturated rings. The van der Waals surface area contributed by atoms with Crippen molar-refractivity contribution in [2.24, 2.45) is 0 Å². The molecule has 0 aliphatic carbocycles. The Labute approximate surface area is 132 Å². The van der Waals surface area contributed by atoms with Gasteiger partial charge in [0.1, 0.15) is 6.04 Å². The van der Waals surface area contributed by atoms with Gasteiger partial charge in [-0.05, 0) is 36.6 Å². The lowest BCUT2D eigenvalue weighted by molar-refractivity contribution is -0.120. The quantitative estimate of drug-likeness (QED) is 0.822. The second kappa shape index (κ2) is 5.05. The number of para-hydroxylation sites is 1. The van der Waals surface area contributed by atoms with Gasteiger partial charge in [0.15, 0.2) is 0 Å². The van der Waals surface area contributed by atoms with Gasteiger partial charge in [0.25, 0.3) is 11.8 Å². The van der Waals surface area contributed by atoms with E-state index in [0.717, 1.165) is 16.2 Å². The molecule has 5 heteroatoms. The highest BCUT2D eigenvalue weighted by atomic mass is 16.2. The summed E-state index contributed by atoms with van der Waals surface area (Å²) >= 11 is 0. The lowest BCUT2D eigenvalue weighted by Gasteiger charge is -2.23. The van der Waals surface area contributed by atoms with Crippen LogP contribution in [0, 0.1) is 0 Å². The fourth-order valence-electron chi connectivity index (χ4n) is 3.24. The SMILES string of the molecule is O=C1Nc2ccccc2CC[C@@H]1N1C(=O)c2ccccc2C1=O. The highest BCUT2D eigenvalue weighted by Gasteiger charge is 2.43. The minimum absolute atomic E-state index is 0.315. The number of hydrogen-bond acceptors (Lipinski definition) is 3. The highest BCUT2D eigenvalue weighted by molar-refractivity contribution is 6.23. The lowest BCUT2D eigenvalue weighted by Crippen LogP contribution is -2.46. The molecule has 4 rings (SSSR count). The minimum atomic E-state index is -0.783. The molecule has 0 unspecified atom stereocenters. The molecule has 0 spiro atoms. The van der Waals surface area contributed by atoms with Gasteiger partial charge in [0.05, 0.1) is 11.1 Å². The van der Waals surface area contributed by atoms with Crippen molar-refractivity contribution in [1.82, 2.24) is 4.90 Å². The fourth-order valence-corrected chi connectivity index (χ4v) is 3.24. The van der Waals surface area contributed by atoms with Crippen LogP contribution in [0.1, 0.15) is 32.7 Å². The zero-order valence-electron chi connectivity index (χ0n) is 12.3. The van der Waals surface area contributed by atoms with Gasteiger partial charge in [0.2, 0.25) is 5.91 Å². The van der Waals surface area contributed by atoms with E-state index in [1.807, 2.05) is 24.3 Å². The van der Waals surface area contributed by atoms with Crippen LogP contribution in [0.4, 0.5) is 5.69 Å². The first-order valence-corrected chi connectivity index (χ1v) is 7.52. The molecule has 0 radical (unpaired) electrons. The Hall–Kier alpha value is -2.95. The van der Waals surface area contributed by atoms with Crippen molar-refractivity contribution in [3.05, 3.63) is 65.2 Å². The number of amides is 3. The van der Waals surface area contributed by atoms with E-state index < -0.39 is 17.9 Å². The van der Waals surface area contributed by atoms with Crippen LogP contribution in [0.5, 0.6) is 0 Å². The van der Waals surface area contributed by atoms with Crippen LogP contribution < -0.4 is 5.32 Å². The third-order valence-electron chi connectivity index (χ3n) is 4.40. The molecule has 0 aromatic heterocycles. The average molecular weight is 306 g/mol. The molecule has 2 aromatic rings. The molecule has 0 saturated heterocycles. The number of carbonyl (C=O) groups is 3. The number of carbonyl (C=O) groups excluding carboxylic acids is 3. The third kappa shape index (κ3) is 2.04. The van der Waals surface area contributed by atoms with E-state index in [-0.39, 0.29) is 5.91 Å². The smallest absolute Gasteiger partial charge is 0.262 e. The summed E-state index contributed by atoms with van der Waals surface area (Å²) in [6.07, 6.45) is 1.06. The van der Waals surface area contributed by atoms with Crippen LogP contribution in [0.25, 0.3) is 0 Å². The molecule has 114 valence electrons. The monoisotopic (exact) mass is 306 g/mol. The topological polar surface area (TPSA) is 66.5 Å². The summed E-state index contributed by atoms with van der Waals surface area (Å²) in [4.78, 5) is 38.8. The second-order valence-electron chi connectivity index (χ2n) is 5.73. The van der Waals surface area contributed by atoms with Crippen molar-refractivity contribution < 1.29 is 14.4 Å². The largest absolute Gasteiger partial charge is 0.324 e. The molecule has 1 N–H and O–H groups in total. The maximum Gasteiger partial charge on any atom is 0.262 e. The third-order valence-corrected chi connectivity index (χ3v) is 4.40. The maximum atomic E-state index is 12.6. The van der Waals surface area contributed by atoms with Gasteiger partial charge < -0.3 is 5.32 Å². The zero-order valence-corrected chi connectivity index (χ0v) is 12.3. The number of hydrogen-bond donors (Lipinski definition) is 1. The summed E-state index contributed by atoms with van der Waals surface area (Å²) < 4.78 is 0. The lowest BCUT2D eigenvalue weighted by atomic mass is 10.1. The number of imide groups is 1. The summed E-state index contributed by atoms with van der Waals surface area (Å²) in [5.74, 6) is -1.10. The summed E-state index contributed by atoms with van der Waals surface area (Å²) in [5, 5.41) is 2.83. The van der Waals surface area contributed by atoms with Gasteiger partial charge in [-0.2, -0.15) is 0 Å². The van der Waals surface area contributed by atoms with E-state index in [2.05, 4.69) is 5.32 Å². The van der Waals surface area contributed by atoms with Gasteiger partial charge in [-0.15, -0.1) is 0 Å². The van der Waals surface area contributed by atoms with E-state index >= 15 is 0 Å². The maximum absolute atomic E-state index is 12.6. The second-order valence-corrected chi connectivity index (χ2v) is 5.73. The molecule has 2 aliphatic rings. The van der Waals surface area contributed by atoms with Crippen molar-refractivity contribution in [2.75, 3.05) is 5.32 Å². The fraction of sp³-hybridized carbons (Fsp3) is 0.167. The number of nitrogens with zero attached hydrogens (tertiary/aromatic N) is 1. The number of rotatable bonds is 1. The van der Waals surface area contributed by atoms with E-state index in [0.29, 0.717) is 24.0 Å². The van der Waals surface area contributed by atoms with Crippen LogP contribution in [0.15, 0.2) is 48.5 Å². The van der Waals surface area contributed by atoms with Gasteiger partial charge >= 0.3 is 0 Å². The molecular weight excluding hydrogens is 292 g/mol. The highest BCUT2D eigenvalue weighted by Crippen LogP contribution is 2.29. The molecule has 1 atom stereocenters. The Balaban J connectivity index is 1.69. The Bertz CT molecular complexity index is 809. The summed E-state index contributed by atoms with van der Waals surface area (Å²) in [6.45, 7) is 0. The van der Waals surface area contributed by atoms with Crippen molar-refractivity contribution >= 4 is 23.4 Å². The van der Waals surface area contributed by atoms with Crippen LogP contribution >= 0.6 is 0 Å². The molecule has 2 heterocycles. The Morgan fingerprint density at radius 1 is 0.870 bits per heavy atom. The number of aryl methyl sites for hydroxylation is 1. The normalized spacial score (nSPS) is 19.9. The number of benzene rings is 2. The molecule has 5 nitrogen and oxygen atoms in total. The van der Waals surface area contributed by atoms with Crippen molar-refractivity contribution in [3.63, 3.8) is 0 Å². The summed E-state index contributed by atoms with van der Waals surface area (Å²) in [6, 6.07) is 13.4. The first kappa shape index (κ1) is 13.7. The van der Waals surface area contributed by atoms with Gasteiger partial charge in [0, 0.05) is 5.69 Å².